The summed E-state index contributed by atoms with van der Waals surface area (Å²) in [5.41, 5.74) is 0. The van der Waals surface area contributed by atoms with E-state index >= 15 is 0 Å². The first-order valence-corrected chi connectivity index (χ1v) is 7.54. The molecule has 0 amide bonds. The van der Waals surface area contributed by atoms with E-state index in [1.165, 1.54) is 45.2 Å². The van der Waals surface area contributed by atoms with Crippen LogP contribution in [-0.2, 0) is 4.79 Å². The van der Waals surface area contributed by atoms with Gasteiger partial charge in [-0.15, -0.1) is 0 Å². The summed E-state index contributed by atoms with van der Waals surface area (Å²) in [6.07, 6.45) is 9.69. The van der Waals surface area contributed by atoms with Crippen LogP contribution in [0.5, 0.6) is 0 Å². The second kappa shape index (κ2) is 6.53. The maximum Gasteiger partial charge on any atom is 0.137 e. The molecule has 0 aromatic heterocycles. The summed E-state index contributed by atoms with van der Waals surface area (Å²) >= 11 is 0. The number of likely N-dealkylation sites (tertiary alicyclic amines) is 1. The molecule has 0 bridgehead atoms. The van der Waals surface area contributed by atoms with E-state index in [-0.39, 0.29) is 0 Å². The Morgan fingerprint density at radius 1 is 1.24 bits per heavy atom. The molecule has 1 aliphatic carbocycles. The van der Waals surface area contributed by atoms with Crippen molar-refractivity contribution in [1.82, 2.24) is 4.90 Å². The largest absolute Gasteiger partial charge is 0.302 e. The highest BCUT2D eigenvalue weighted by Crippen LogP contribution is 2.25. The summed E-state index contributed by atoms with van der Waals surface area (Å²) in [5, 5.41) is 0. The van der Waals surface area contributed by atoms with Gasteiger partial charge in [-0.05, 0) is 38.1 Å². The molecule has 2 atom stereocenters. The van der Waals surface area contributed by atoms with Gasteiger partial charge in [0.05, 0.1) is 0 Å². The highest BCUT2D eigenvalue weighted by Gasteiger charge is 2.27. The molecular weight excluding hydrogens is 210 g/mol. The third-order valence-electron chi connectivity index (χ3n) is 4.48. The number of carbonyl (C=O) groups is 1. The quantitative estimate of drug-likeness (QED) is 0.700. The molecule has 1 heterocycles. The van der Waals surface area contributed by atoms with Gasteiger partial charge in [-0.2, -0.15) is 0 Å². The van der Waals surface area contributed by atoms with E-state index < -0.39 is 0 Å². The van der Waals surface area contributed by atoms with Gasteiger partial charge < -0.3 is 4.90 Å². The van der Waals surface area contributed by atoms with Gasteiger partial charge in [-0.3, -0.25) is 4.79 Å². The number of rotatable bonds is 4. The molecule has 0 spiro atoms. The van der Waals surface area contributed by atoms with Crippen molar-refractivity contribution >= 4 is 5.78 Å². The number of ketones is 1. The van der Waals surface area contributed by atoms with E-state index in [1.54, 1.807) is 0 Å². The normalized spacial score (nSPS) is 31.7. The van der Waals surface area contributed by atoms with Crippen molar-refractivity contribution in [2.24, 2.45) is 11.8 Å². The second-order valence-corrected chi connectivity index (χ2v) is 5.97. The van der Waals surface area contributed by atoms with Gasteiger partial charge in [0.1, 0.15) is 5.78 Å². The Balaban J connectivity index is 1.78. The van der Waals surface area contributed by atoms with E-state index in [0.717, 1.165) is 31.7 Å². The molecule has 2 unspecified atom stereocenters. The Morgan fingerprint density at radius 3 is 2.94 bits per heavy atom. The first-order chi connectivity index (χ1) is 8.29. The van der Waals surface area contributed by atoms with E-state index in [2.05, 4.69) is 11.8 Å². The Morgan fingerprint density at radius 2 is 2.12 bits per heavy atom. The maximum absolute atomic E-state index is 12.0. The fraction of sp³-hybridized carbons (Fsp3) is 0.933. The molecule has 17 heavy (non-hydrogen) atoms. The molecule has 1 saturated carbocycles. The Bertz CT molecular complexity index is 251. The highest BCUT2D eigenvalue weighted by atomic mass is 16.1. The predicted octanol–water partition coefficient (Wildman–Crippen LogP) is 3.26. The van der Waals surface area contributed by atoms with Gasteiger partial charge in [0.15, 0.2) is 0 Å². The van der Waals surface area contributed by atoms with Crippen molar-refractivity contribution in [1.29, 1.82) is 0 Å². The van der Waals surface area contributed by atoms with Crippen molar-refractivity contribution in [2.45, 2.75) is 58.3 Å². The molecule has 2 nitrogen and oxygen atoms in total. The third kappa shape index (κ3) is 3.80. The molecule has 2 rings (SSSR count). The molecule has 2 fully saturated rings. The van der Waals surface area contributed by atoms with Gasteiger partial charge in [0.25, 0.3) is 0 Å². The molecule has 2 aliphatic rings. The van der Waals surface area contributed by atoms with E-state index in [0.29, 0.717) is 11.7 Å². The summed E-state index contributed by atoms with van der Waals surface area (Å²) in [6, 6.07) is 0. The summed E-state index contributed by atoms with van der Waals surface area (Å²) in [4.78, 5) is 14.5. The van der Waals surface area contributed by atoms with E-state index in [1.807, 2.05) is 0 Å². The molecule has 0 aromatic carbocycles. The van der Waals surface area contributed by atoms with Crippen LogP contribution in [0.15, 0.2) is 0 Å². The number of hydrogen-bond donors (Lipinski definition) is 0. The highest BCUT2D eigenvalue weighted by molar-refractivity contribution is 5.81. The van der Waals surface area contributed by atoms with Crippen LogP contribution in [0.4, 0.5) is 0 Å². The second-order valence-electron chi connectivity index (χ2n) is 5.97. The van der Waals surface area contributed by atoms with Crippen LogP contribution in [0.2, 0.25) is 0 Å². The minimum atomic E-state index is 0.359. The average Bonchev–Trinajstić information content (AvgIpc) is 2.65. The summed E-state index contributed by atoms with van der Waals surface area (Å²) in [6.45, 7) is 5.81. The third-order valence-corrected chi connectivity index (χ3v) is 4.48. The fourth-order valence-electron chi connectivity index (χ4n) is 3.46. The monoisotopic (exact) mass is 237 g/mol. The van der Waals surface area contributed by atoms with Gasteiger partial charge >= 0.3 is 0 Å². The zero-order chi connectivity index (χ0) is 12.1. The van der Waals surface area contributed by atoms with Crippen LogP contribution < -0.4 is 0 Å². The molecule has 0 aromatic rings. The van der Waals surface area contributed by atoms with Gasteiger partial charge in [0.2, 0.25) is 0 Å². The minimum absolute atomic E-state index is 0.359. The topological polar surface area (TPSA) is 20.3 Å². The minimum Gasteiger partial charge on any atom is -0.302 e. The van der Waals surface area contributed by atoms with Crippen molar-refractivity contribution in [3.8, 4) is 0 Å². The Kier molecular flexibility index (Phi) is 5.02. The van der Waals surface area contributed by atoms with Crippen LogP contribution >= 0.6 is 0 Å². The van der Waals surface area contributed by atoms with Crippen molar-refractivity contribution in [3.05, 3.63) is 0 Å². The first-order valence-electron chi connectivity index (χ1n) is 7.54. The Labute approximate surface area is 106 Å². The zero-order valence-electron chi connectivity index (χ0n) is 11.3. The van der Waals surface area contributed by atoms with Crippen LogP contribution in [0, 0.1) is 11.8 Å². The average molecular weight is 237 g/mol. The summed E-state index contributed by atoms with van der Waals surface area (Å²) in [5.74, 6) is 1.81. The maximum atomic E-state index is 12.0. The van der Waals surface area contributed by atoms with Crippen molar-refractivity contribution in [2.75, 3.05) is 19.6 Å². The number of carbonyl (C=O) groups excluding carboxylic acids is 1. The molecule has 0 N–H and O–H groups in total. The SMILES string of the molecule is CCCC1CCN(CC2CCCCCC2=O)C1. The van der Waals surface area contributed by atoms with Crippen LogP contribution in [0.1, 0.15) is 58.3 Å². The first kappa shape index (κ1) is 13.1. The lowest BCUT2D eigenvalue weighted by atomic mass is 9.98. The predicted molar refractivity (Wildman–Crippen MR) is 71.0 cm³/mol. The number of Topliss-reactive ketones (excluding diaryl/α,β-unsaturated/α-hetero) is 1. The number of nitrogens with zero attached hydrogens (tertiary/aromatic N) is 1. The summed E-state index contributed by atoms with van der Waals surface area (Å²) < 4.78 is 0. The van der Waals surface area contributed by atoms with Crippen LogP contribution in [-0.4, -0.2) is 30.3 Å². The Hall–Kier alpha value is -0.370. The summed E-state index contributed by atoms with van der Waals surface area (Å²) in [7, 11) is 0. The lowest BCUT2D eigenvalue weighted by molar-refractivity contribution is -0.123. The molecule has 98 valence electrons. The van der Waals surface area contributed by atoms with E-state index in [4.69, 9.17) is 0 Å². The lowest BCUT2D eigenvalue weighted by Gasteiger charge is -2.21. The van der Waals surface area contributed by atoms with Gasteiger partial charge in [-0.25, -0.2) is 0 Å². The van der Waals surface area contributed by atoms with Gasteiger partial charge in [-0.1, -0.05) is 26.2 Å². The lowest BCUT2D eigenvalue weighted by Crippen LogP contribution is -2.31. The van der Waals surface area contributed by atoms with Crippen LogP contribution in [0.3, 0.4) is 0 Å². The van der Waals surface area contributed by atoms with Gasteiger partial charge in [0, 0.05) is 25.4 Å². The molecular formula is C15H27NO. The molecule has 2 heteroatoms. The molecule has 1 aliphatic heterocycles. The van der Waals surface area contributed by atoms with Crippen molar-refractivity contribution in [3.63, 3.8) is 0 Å². The molecule has 1 saturated heterocycles. The fourth-order valence-corrected chi connectivity index (χ4v) is 3.46. The van der Waals surface area contributed by atoms with Crippen molar-refractivity contribution < 1.29 is 4.79 Å². The zero-order valence-corrected chi connectivity index (χ0v) is 11.3. The van der Waals surface area contributed by atoms with Crippen LogP contribution in [0.25, 0.3) is 0 Å². The standard InChI is InChI=1S/C15H27NO/c1-2-6-13-9-10-16(11-13)12-14-7-4-3-5-8-15(14)17/h13-14H,2-12H2,1H3. The number of hydrogen-bond acceptors (Lipinski definition) is 2. The van der Waals surface area contributed by atoms with E-state index in [9.17, 15) is 4.79 Å². The smallest absolute Gasteiger partial charge is 0.137 e. The molecule has 0 radical (unpaired) electrons.